The molecule has 14 unspecified atom stereocenters. The fourth-order valence-electron chi connectivity index (χ4n) is 19.6. The number of hydrogen-bond acceptors (Lipinski definition) is 8. The first kappa shape index (κ1) is 40.7. The molecular weight excluding hydrogens is 807 g/mol. The lowest BCUT2D eigenvalue weighted by Crippen LogP contribution is -2.78. The number of rotatable bonds is 6. The summed E-state index contributed by atoms with van der Waals surface area (Å²) in [4.78, 5) is 37.4. The topological polar surface area (TPSA) is 105 Å². The van der Waals surface area contributed by atoms with E-state index in [1.165, 1.54) is 74.5 Å². The second-order valence-corrected chi connectivity index (χ2v) is 24.7. The molecule has 14 atom stereocenters. The van der Waals surface area contributed by atoms with Gasteiger partial charge in [0.1, 0.15) is 11.2 Å². The summed E-state index contributed by atoms with van der Waals surface area (Å²) in [6.45, 7) is 10.1. The number of aliphatic hydroxyl groups is 1. The number of nitrogens with zero attached hydrogens (tertiary/aromatic N) is 2. The molecule has 65 heavy (non-hydrogen) atoms. The predicted molar refractivity (Wildman–Crippen MR) is 249 cm³/mol. The minimum atomic E-state index is -1.15. The highest BCUT2D eigenvalue weighted by molar-refractivity contribution is 6.01. The Labute approximate surface area is 386 Å². The van der Waals surface area contributed by atoms with Gasteiger partial charge in [-0.25, -0.2) is 4.79 Å². The van der Waals surface area contributed by atoms with Gasteiger partial charge < -0.3 is 25.2 Å². The lowest BCUT2D eigenvalue weighted by molar-refractivity contribution is -0.283. The Morgan fingerprint density at radius 1 is 0.969 bits per heavy atom. The van der Waals surface area contributed by atoms with Crippen LogP contribution in [-0.2, 0) is 26.3 Å². The molecule has 8 heteroatoms. The molecule has 0 radical (unpaired) electrons. The molecule has 8 nitrogen and oxygen atoms in total. The molecule has 1 aromatic carbocycles. The monoisotopic (exact) mass is 880 g/mol. The lowest BCUT2D eigenvalue weighted by atomic mass is 9.27. The van der Waals surface area contributed by atoms with E-state index in [1.807, 2.05) is 0 Å². The lowest BCUT2D eigenvalue weighted by Gasteiger charge is -2.73. The third kappa shape index (κ3) is 4.84. The number of fused-ring (bicyclic) bond motifs is 8. The van der Waals surface area contributed by atoms with E-state index < -0.39 is 16.4 Å². The molecule has 3 N–H and O–H groups in total. The number of carbonyl (C=O) groups is 2. The number of benzene rings is 1. The number of ether oxygens (including phenoxy) is 2. The van der Waals surface area contributed by atoms with Crippen molar-refractivity contribution in [1.29, 1.82) is 0 Å². The van der Waals surface area contributed by atoms with Crippen molar-refractivity contribution in [2.45, 2.75) is 173 Å². The van der Waals surface area contributed by atoms with Crippen LogP contribution in [0.5, 0.6) is 0 Å². The van der Waals surface area contributed by atoms with Crippen LogP contribution in [-0.4, -0.2) is 64.6 Å². The quantitative estimate of drug-likeness (QED) is 0.272. The maximum atomic E-state index is 16.3. The van der Waals surface area contributed by atoms with Crippen LogP contribution in [0.1, 0.15) is 164 Å². The summed E-state index contributed by atoms with van der Waals surface area (Å²) in [5.74, 6) is 2.96. The van der Waals surface area contributed by atoms with E-state index in [2.05, 4.69) is 54.8 Å². The zero-order chi connectivity index (χ0) is 43.9. The third-order valence-electron chi connectivity index (χ3n) is 22.3. The van der Waals surface area contributed by atoms with Crippen LogP contribution in [0.25, 0.3) is 0 Å². The van der Waals surface area contributed by atoms with Crippen molar-refractivity contribution in [3.8, 4) is 0 Å². The highest BCUT2D eigenvalue weighted by Crippen LogP contribution is 2.88. The van der Waals surface area contributed by atoms with Crippen molar-refractivity contribution >= 4 is 11.9 Å². The Morgan fingerprint density at radius 2 is 1.82 bits per heavy atom. The molecule has 7 fully saturated rings. The number of nitrogens with two attached hydrogens (primary N) is 1. The third-order valence-corrected chi connectivity index (χ3v) is 22.3. The molecule has 0 amide bonds. The Balaban J connectivity index is 1.08. The fraction of sp³-hybridized carbons (Fsp3) is 0.719. The predicted octanol–water partition coefficient (Wildman–Crippen LogP) is 10.6. The van der Waals surface area contributed by atoms with Crippen LogP contribution in [0.4, 0.5) is 0 Å². The molecule has 7 bridgehead atoms. The van der Waals surface area contributed by atoms with E-state index in [0.717, 1.165) is 82.0 Å². The molecule has 3 spiro atoms. The zero-order valence-corrected chi connectivity index (χ0v) is 39.5. The Morgan fingerprint density at radius 3 is 2.65 bits per heavy atom. The van der Waals surface area contributed by atoms with Crippen molar-refractivity contribution in [2.75, 3.05) is 19.6 Å². The van der Waals surface area contributed by atoms with E-state index in [0.29, 0.717) is 78.1 Å². The molecule has 1 aromatic rings. The van der Waals surface area contributed by atoms with Crippen molar-refractivity contribution < 1.29 is 24.2 Å². The molecule has 346 valence electrons. The van der Waals surface area contributed by atoms with Crippen molar-refractivity contribution in [2.24, 2.45) is 69.3 Å². The summed E-state index contributed by atoms with van der Waals surface area (Å²) in [5, 5.41) is 13.8. The number of piperidine rings is 3. The first-order valence-corrected chi connectivity index (χ1v) is 27.0. The number of aliphatic hydroxyl groups excluding tert-OH is 1. The normalized spacial score (nSPS) is 45.4. The van der Waals surface area contributed by atoms with Crippen LogP contribution in [0.2, 0.25) is 0 Å². The number of aryl methyl sites for hydroxylation is 1. The molecule has 7 aliphatic heterocycles. The smallest absolute Gasteiger partial charge is 0.339 e. The first-order valence-electron chi connectivity index (χ1n) is 27.0. The Kier molecular flexibility index (Phi) is 8.69. The number of carbonyl (C=O) groups excluding carboxylic acids is 2. The van der Waals surface area contributed by atoms with Gasteiger partial charge in [-0.1, -0.05) is 94.7 Å². The second kappa shape index (κ2) is 13.9. The molecule has 14 rings (SSSR count). The maximum absolute atomic E-state index is 16.3. The standard InChI is InChI=1S/C57H73N3O5/c1-4-54(3)21-19-34-27-40-31(2)24-35-15-17-43-36-26-37-30-60(43)49(35)47(40)39-20-22-55-51(50(61)38-16-18-42(37)59(29-36)44(38)25-32-10-6-5-7-11-32)64-53(63)56(55,48(34)39)45(28-54)57(55)41-14-8-12-33(13-9-23-58)46(41)52(62)65-57/h8,12,14,27,31-32,36-38,40,42-45,47,61H,4-7,9-11,13,15-26,28-30,58H2,1-3H3. The summed E-state index contributed by atoms with van der Waals surface area (Å²) >= 11 is 0. The van der Waals surface area contributed by atoms with Crippen molar-refractivity contribution in [3.05, 3.63) is 80.5 Å². The summed E-state index contributed by atoms with van der Waals surface area (Å²) in [6.07, 6.45) is 23.9. The van der Waals surface area contributed by atoms with E-state index in [9.17, 15) is 5.11 Å². The molecule has 0 aromatic heterocycles. The van der Waals surface area contributed by atoms with Gasteiger partial charge in [0.2, 0.25) is 0 Å². The molecular formula is C57H73N3O5. The SMILES string of the molecule is CCC1(C)CCC2=CC3C(C)CC4=C5C3C3=C2C26C(=O)OC(=C(O)C7CCC8C9CC(CN8C7CC7CCCCC7)C(CC4)N5C9)C2(CC3)C2(OC(=O)c3c(CCCN)cccc32)C6C1. The van der Waals surface area contributed by atoms with E-state index in [1.54, 1.807) is 11.3 Å². The summed E-state index contributed by atoms with van der Waals surface area (Å²) < 4.78 is 14.5. The fourth-order valence-corrected chi connectivity index (χ4v) is 19.6. The van der Waals surface area contributed by atoms with Gasteiger partial charge in [-0.3, -0.25) is 9.69 Å². The van der Waals surface area contributed by atoms with Crippen molar-refractivity contribution in [1.82, 2.24) is 9.80 Å². The zero-order valence-electron chi connectivity index (χ0n) is 39.5. The average molecular weight is 880 g/mol. The highest BCUT2D eigenvalue weighted by atomic mass is 16.6. The molecule has 13 aliphatic rings. The molecule has 4 saturated heterocycles. The van der Waals surface area contributed by atoms with Crippen LogP contribution >= 0.6 is 0 Å². The average Bonchev–Trinajstić information content (AvgIpc) is 3.77. The van der Waals surface area contributed by atoms with Crippen LogP contribution in [0.3, 0.4) is 0 Å². The molecule has 6 aliphatic carbocycles. The summed E-state index contributed by atoms with van der Waals surface area (Å²) in [5.41, 5.74) is 12.9. The molecule has 3 saturated carbocycles. The van der Waals surface area contributed by atoms with Gasteiger partial charge in [-0.15, -0.1) is 0 Å². The Bertz CT molecular complexity index is 2420. The largest absolute Gasteiger partial charge is 0.508 e. The van der Waals surface area contributed by atoms with Gasteiger partial charge in [0.05, 0.1) is 11.0 Å². The van der Waals surface area contributed by atoms with Gasteiger partial charge in [0.25, 0.3) is 0 Å². The number of hydrogen-bond donors (Lipinski definition) is 2. The highest BCUT2D eigenvalue weighted by Gasteiger charge is 2.94. The second-order valence-electron chi connectivity index (χ2n) is 24.7. The Hall–Kier alpha value is -3.36. The van der Waals surface area contributed by atoms with Crippen LogP contribution in [0, 0.1) is 63.6 Å². The number of allylic oxidation sites excluding steroid dienone is 4. The van der Waals surface area contributed by atoms with Crippen LogP contribution in [0.15, 0.2) is 63.8 Å². The van der Waals surface area contributed by atoms with E-state index >= 15 is 9.59 Å². The van der Waals surface area contributed by atoms with Gasteiger partial charge in [-0.05, 0) is 148 Å². The van der Waals surface area contributed by atoms with E-state index in [4.69, 9.17) is 15.2 Å². The van der Waals surface area contributed by atoms with Gasteiger partial charge in [-0.2, -0.15) is 0 Å². The minimum Gasteiger partial charge on any atom is -0.508 e. The van der Waals surface area contributed by atoms with Gasteiger partial charge in [0, 0.05) is 60.2 Å². The van der Waals surface area contributed by atoms with Gasteiger partial charge in [0.15, 0.2) is 11.4 Å². The minimum absolute atomic E-state index is 0.0930. The summed E-state index contributed by atoms with van der Waals surface area (Å²) in [7, 11) is 0. The number of esters is 2. The van der Waals surface area contributed by atoms with Gasteiger partial charge >= 0.3 is 11.9 Å². The summed E-state index contributed by atoms with van der Waals surface area (Å²) in [6, 6.07) is 7.63. The first-order chi connectivity index (χ1) is 31.6. The molecule has 7 heterocycles. The van der Waals surface area contributed by atoms with Crippen LogP contribution < -0.4 is 5.73 Å². The maximum Gasteiger partial charge on any atom is 0.339 e. The van der Waals surface area contributed by atoms with Crippen molar-refractivity contribution in [3.63, 3.8) is 0 Å². The van der Waals surface area contributed by atoms with E-state index in [-0.39, 0.29) is 41.1 Å².